The van der Waals surface area contributed by atoms with Gasteiger partial charge in [-0.3, -0.25) is 34.0 Å². The van der Waals surface area contributed by atoms with Gasteiger partial charge in [-0.05, 0) is 153 Å². The van der Waals surface area contributed by atoms with Crippen LogP contribution in [0, 0.1) is 11.3 Å². The molecule has 5 atom stereocenters. The Morgan fingerprint density at radius 3 is 1.86 bits per heavy atom. The van der Waals surface area contributed by atoms with Gasteiger partial charge in [0.2, 0.25) is 5.91 Å². The smallest absolute Gasteiger partial charge is 0.414 e. The number of likely N-dealkylation sites (tertiary alicyclic amines) is 1. The van der Waals surface area contributed by atoms with Gasteiger partial charge in [0.15, 0.2) is 5.65 Å². The molecule has 1 saturated carbocycles. The normalized spacial score (nSPS) is 20.1. The maximum Gasteiger partial charge on any atom is 0.414 e. The SMILES string of the molecule is COC(=O)N1c2ccc3c(nc(CCn4cccn4)n3CC(=O)NCCN3CCNC3=O)c2CC[C@@H]1C.COC(=O)N1c2ccc3c(nc(Cc4ccccc4)n3CCN3CCC4(COC4)C3)c2CC[C@@H]1C.COC(=O)N1c2ccc3c(nc(Cc4cnc5cc[nH]c5n4)n3[C@@H]3CCC[C@@H](C(C)=O)C3)c2CC[C@@H]1C. The molecule has 28 heteroatoms. The van der Waals surface area contributed by atoms with Gasteiger partial charge < -0.3 is 58.1 Å². The molecule has 28 nitrogen and oxygen atoms in total. The zero-order valence-corrected chi connectivity index (χ0v) is 63.4. The Hall–Kier alpha value is -10.7. The van der Waals surface area contributed by atoms with E-state index in [9.17, 15) is 28.8 Å². The number of nitrogens with zero attached hydrogens (tertiary/aromatic N) is 15. The number of anilines is 3. The van der Waals surface area contributed by atoms with Crippen molar-refractivity contribution in [2.45, 2.75) is 161 Å². The number of aromatic nitrogens is 11. The number of ether oxygens (including phenoxy) is 4. The molecule has 4 aromatic carbocycles. The molecule has 6 aliphatic heterocycles. The van der Waals surface area contributed by atoms with E-state index in [1.54, 1.807) is 32.7 Å². The van der Waals surface area contributed by atoms with E-state index in [2.05, 4.69) is 95.2 Å². The van der Waals surface area contributed by atoms with Crippen LogP contribution in [0.2, 0.25) is 0 Å². The number of H-pyrrole nitrogens is 1. The van der Waals surface area contributed by atoms with Crippen molar-refractivity contribution in [3.05, 3.63) is 149 Å². The molecule has 109 heavy (non-hydrogen) atoms. The number of methoxy groups -OCH3 is 3. The summed E-state index contributed by atoms with van der Waals surface area (Å²) in [6, 6.07) is 26.8. The van der Waals surface area contributed by atoms with Crippen LogP contribution in [0.4, 0.5) is 36.2 Å². The summed E-state index contributed by atoms with van der Waals surface area (Å²) in [4.78, 5) is 112. The van der Waals surface area contributed by atoms with Crippen LogP contribution in [0.3, 0.4) is 0 Å². The predicted octanol–water partition coefficient (Wildman–Crippen LogP) is 10.9. The molecule has 0 unspecified atom stereocenters. The van der Waals surface area contributed by atoms with Crippen molar-refractivity contribution in [1.82, 2.24) is 73.8 Å². The number of aromatic amines is 1. The zero-order valence-electron chi connectivity index (χ0n) is 63.4. The number of Topliss-reactive ketones (excluding diaryl/α,β-unsaturated/α-hetero) is 1. The molecular weight excluding hydrogens is 1390 g/mol. The Morgan fingerprint density at radius 1 is 0.651 bits per heavy atom. The van der Waals surface area contributed by atoms with Gasteiger partial charge in [0.25, 0.3) is 0 Å². The lowest BCUT2D eigenvalue weighted by molar-refractivity contribution is -0.122. The van der Waals surface area contributed by atoms with Crippen LogP contribution in [0.5, 0.6) is 0 Å². The van der Waals surface area contributed by atoms with Crippen LogP contribution >= 0.6 is 0 Å². The molecule has 3 saturated heterocycles. The summed E-state index contributed by atoms with van der Waals surface area (Å²) in [6.07, 6.45) is 18.2. The van der Waals surface area contributed by atoms with E-state index in [-0.39, 0.29) is 66.5 Å². The maximum atomic E-state index is 12.9. The van der Waals surface area contributed by atoms with E-state index < -0.39 is 6.09 Å². The number of imidazole rings is 3. The summed E-state index contributed by atoms with van der Waals surface area (Å²) in [5, 5.41) is 9.98. The molecule has 0 radical (unpaired) electrons. The van der Waals surface area contributed by atoms with E-state index in [1.807, 2.05) is 72.0 Å². The van der Waals surface area contributed by atoms with Gasteiger partial charge >= 0.3 is 24.3 Å². The molecule has 4 fully saturated rings. The number of hydrogen-bond acceptors (Lipinski definition) is 17. The molecule has 6 amide bonds. The fourth-order valence-corrected chi connectivity index (χ4v) is 17.5. The van der Waals surface area contributed by atoms with Gasteiger partial charge in [-0.2, -0.15) is 5.10 Å². The van der Waals surface area contributed by atoms with Crippen LogP contribution in [0.25, 0.3) is 44.3 Å². The van der Waals surface area contributed by atoms with Crippen molar-refractivity contribution < 1.29 is 47.7 Å². The average molecular weight is 1480 g/mol. The van der Waals surface area contributed by atoms with Crippen molar-refractivity contribution in [2.24, 2.45) is 11.3 Å². The molecular formula is C81H98N18O10. The minimum absolute atomic E-state index is 0.0160. The summed E-state index contributed by atoms with van der Waals surface area (Å²) in [5.41, 5.74) is 15.7. The topological polar surface area (TPSA) is 292 Å². The number of urea groups is 1. The van der Waals surface area contributed by atoms with E-state index in [0.717, 1.165) is 211 Å². The molecule has 6 aromatic heterocycles. The minimum Gasteiger partial charge on any atom is -0.452 e. The van der Waals surface area contributed by atoms with Gasteiger partial charge in [-0.1, -0.05) is 36.8 Å². The lowest BCUT2D eigenvalue weighted by atomic mass is 9.83. The number of hydrogen-bond donors (Lipinski definition) is 3. The quantitative estimate of drug-likeness (QED) is 0.0714. The first kappa shape index (κ1) is 73.8. The number of carbonyl (C=O) groups is 6. The van der Waals surface area contributed by atoms with Crippen molar-refractivity contribution in [3.63, 3.8) is 0 Å². The third kappa shape index (κ3) is 15.0. The van der Waals surface area contributed by atoms with Crippen LogP contribution in [0.1, 0.15) is 131 Å². The summed E-state index contributed by atoms with van der Waals surface area (Å²) >= 11 is 0. The lowest BCUT2D eigenvalue weighted by Crippen LogP contribution is -2.44. The van der Waals surface area contributed by atoms with Gasteiger partial charge in [0.05, 0.1) is 90.4 Å². The second kappa shape index (κ2) is 31.8. The molecule has 12 heterocycles. The zero-order chi connectivity index (χ0) is 75.6. The number of carbonyl (C=O) groups excluding carboxylic acids is 6. The first-order valence-electron chi connectivity index (χ1n) is 38.5. The van der Waals surface area contributed by atoms with E-state index in [0.29, 0.717) is 51.0 Å². The van der Waals surface area contributed by atoms with Crippen molar-refractivity contribution in [2.75, 3.05) is 95.1 Å². The Morgan fingerprint density at radius 2 is 1.28 bits per heavy atom. The Bertz CT molecular complexity index is 5020. The molecule has 3 N–H and O–H groups in total. The van der Waals surface area contributed by atoms with Crippen molar-refractivity contribution in [1.29, 1.82) is 0 Å². The number of amides is 6. The number of benzene rings is 4. The third-order valence-corrected chi connectivity index (χ3v) is 23.3. The number of fused-ring (bicyclic) bond motifs is 10. The number of nitrogens with one attached hydrogen (secondary N) is 3. The molecule has 17 rings (SSSR count). The fourth-order valence-electron chi connectivity index (χ4n) is 17.5. The molecule has 0 bridgehead atoms. The summed E-state index contributed by atoms with van der Waals surface area (Å²) in [7, 11) is 4.26. The van der Waals surface area contributed by atoms with E-state index in [4.69, 9.17) is 38.9 Å². The second-order valence-electron chi connectivity index (χ2n) is 30.3. The van der Waals surface area contributed by atoms with Gasteiger partial charge in [-0.25, -0.2) is 39.1 Å². The predicted molar refractivity (Wildman–Crippen MR) is 413 cm³/mol. The first-order chi connectivity index (χ1) is 53.0. The van der Waals surface area contributed by atoms with Crippen molar-refractivity contribution >= 4 is 97.3 Å². The lowest BCUT2D eigenvalue weighted by Gasteiger charge is -2.37. The van der Waals surface area contributed by atoms with Gasteiger partial charge in [0.1, 0.15) is 35.3 Å². The Kier molecular flexibility index (Phi) is 21.5. The van der Waals surface area contributed by atoms with Crippen LogP contribution in [-0.2, 0) is 86.7 Å². The van der Waals surface area contributed by atoms with Gasteiger partial charge in [0, 0.05) is 149 Å². The Labute approximate surface area is 632 Å². The number of aryl methyl sites for hydroxylation is 5. The van der Waals surface area contributed by atoms with E-state index in [1.165, 1.54) is 33.3 Å². The highest BCUT2D eigenvalue weighted by molar-refractivity contribution is 5.98. The summed E-state index contributed by atoms with van der Waals surface area (Å²) < 4.78 is 29.3. The van der Waals surface area contributed by atoms with Crippen molar-refractivity contribution in [3.8, 4) is 0 Å². The first-order valence-corrected chi connectivity index (χ1v) is 38.5. The highest BCUT2D eigenvalue weighted by Crippen LogP contribution is 2.44. The third-order valence-electron chi connectivity index (χ3n) is 23.3. The standard InChI is InChI=1S/C28H32N6O3.C28H34N4O3.C25H32N8O4/c1-16-7-8-21-23(33(16)28(36)37-3)9-10-24-26(21)32-25(14-19-15-30-22-11-12-29-27(22)31-19)34(24)20-6-4-5-18(13-20)17(2)35;1-20-8-9-22-23(32(20)27(33)34-2)10-11-24-26(22)29-25(16-21-6-4-3-5-7-21)31(24)15-14-30-13-12-28(17-30)18-35-19-28;1-17-4-5-18-19(33(17)25(36)37-2)6-7-20-23(18)29-21(8-13-31-12-3-9-28-31)32(20)16-22(34)26-10-14-30-15-11-27-24(30)35/h9-12,15-16,18,20H,4-8,13-14H2,1-3H3,(H,29,31);3-7,10-11,20H,8-9,12-19H2,1-2H3;3,6-7,9,12,17H,4-5,8,10-11,13-16H2,1-2H3,(H,26,34)(H,27,35)/t16-,18+,20+;20-;17-/m000/s1. The molecule has 10 aromatic rings. The highest BCUT2D eigenvalue weighted by atomic mass is 16.6. The average Bonchev–Trinajstić information content (AvgIpc) is 1.63. The van der Waals surface area contributed by atoms with Crippen LogP contribution < -0.4 is 25.3 Å². The number of rotatable bonds is 17. The number of ketones is 1. The summed E-state index contributed by atoms with van der Waals surface area (Å²) in [6.45, 7) is 16.7. The molecule has 7 aliphatic rings. The summed E-state index contributed by atoms with van der Waals surface area (Å²) in [5.74, 6) is 2.97. The largest absolute Gasteiger partial charge is 0.452 e. The maximum absolute atomic E-state index is 12.9. The fraction of sp³-hybridized carbons (Fsp3) is 0.481. The Balaban J connectivity index is 0.000000130. The molecule has 1 aliphatic carbocycles. The van der Waals surface area contributed by atoms with Crippen LogP contribution in [-0.4, -0.2) is 198 Å². The highest BCUT2D eigenvalue weighted by Gasteiger charge is 2.44. The van der Waals surface area contributed by atoms with Crippen LogP contribution in [0.15, 0.2) is 104 Å². The molecule has 1 spiro atoms. The molecule has 572 valence electrons. The monoisotopic (exact) mass is 1480 g/mol. The van der Waals surface area contributed by atoms with E-state index >= 15 is 0 Å². The van der Waals surface area contributed by atoms with Gasteiger partial charge in [-0.15, -0.1) is 0 Å². The second-order valence-corrected chi connectivity index (χ2v) is 30.3. The minimum atomic E-state index is -0.391.